The van der Waals surface area contributed by atoms with E-state index < -0.39 is 0 Å². The smallest absolute Gasteiger partial charge is 0.0458 e. The lowest BCUT2D eigenvalue weighted by molar-refractivity contribution is 1.16. The highest BCUT2D eigenvalue weighted by atomic mass is 15.1. The molecule has 0 spiro atoms. The first kappa shape index (κ1) is 43.5. The average molecular weight is 894 g/mol. The number of hydrogen-bond acceptors (Lipinski definition) is 1. The van der Waals surface area contributed by atoms with E-state index in [1.165, 1.54) is 93.9 Å². The minimum atomic E-state index is 1.07. The molecule has 0 atom stereocenters. The van der Waals surface area contributed by atoms with Crippen LogP contribution in [0, 0.1) is 0 Å². The van der Waals surface area contributed by atoms with E-state index in [4.69, 9.17) is 0 Å². The van der Waals surface area contributed by atoms with Gasteiger partial charge in [-0.15, -0.1) is 0 Å². The molecule has 0 aromatic heterocycles. The van der Waals surface area contributed by atoms with Crippen molar-refractivity contribution in [3.05, 3.63) is 291 Å². The van der Waals surface area contributed by atoms with Gasteiger partial charge in [-0.05, 0) is 137 Å². The molecule has 0 bridgehead atoms. The van der Waals surface area contributed by atoms with Gasteiger partial charge in [-0.3, -0.25) is 0 Å². The molecule has 0 amide bonds. The molecule has 0 fully saturated rings. The number of rotatable bonds is 12. The van der Waals surface area contributed by atoms with Crippen molar-refractivity contribution in [1.29, 1.82) is 0 Å². The molecule has 0 radical (unpaired) electrons. The molecule has 0 aliphatic heterocycles. The maximum absolute atomic E-state index is 3.93. The number of allylic oxidation sites excluding steroid dienone is 5. The largest absolute Gasteiger partial charge is 0.315 e. The van der Waals surface area contributed by atoms with E-state index in [2.05, 4.69) is 285 Å². The van der Waals surface area contributed by atoms with Crippen LogP contribution < -0.4 is 4.90 Å². The maximum atomic E-state index is 3.93. The lowest BCUT2D eigenvalue weighted by Crippen LogP contribution is -2.14. The minimum Gasteiger partial charge on any atom is -0.315 e. The standard InChI is InChI=1S/C69H51N/c1-3-4-10-24-49(2)70(58-45-41-51(42-46-58)61-38-22-36-53-35-21-37-60(64(53)61)50-25-11-5-12-26-50)59-47-43-52(44-48-59)62-39-23-40-63-65(54-27-13-6-14-28-54)66(55-29-15-7-16-30-55)67(56-31-17-8-18-32-56)68(69(62)63)57-33-19-9-20-34-57/h3-48H,1H2,2H3/b10-4-,49-24+. The third-order valence-corrected chi connectivity index (χ3v) is 13.4. The molecule has 0 aliphatic carbocycles. The van der Waals surface area contributed by atoms with Gasteiger partial charge in [0, 0.05) is 17.1 Å². The number of fused-ring (bicyclic) bond motifs is 2. The van der Waals surface area contributed by atoms with Crippen LogP contribution in [0.25, 0.3) is 99.4 Å². The second-order valence-electron chi connectivity index (χ2n) is 17.6. The van der Waals surface area contributed by atoms with Crippen molar-refractivity contribution in [2.75, 3.05) is 4.90 Å². The lowest BCUT2D eigenvalue weighted by atomic mass is 9.77. The summed E-state index contributed by atoms with van der Waals surface area (Å²) in [6.45, 7) is 6.10. The zero-order valence-electron chi connectivity index (χ0n) is 39.2. The molecule has 11 rings (SSSR count). The van der Waals surface area contributed by atoms with E-state index in [0.717, 1.165) is 22.6 Å². The third kappa shape index (κ3) is 8.36. The summed E-state index contributed by atoms with van der Waals surface area (Å²) >= 11 is 0. The third-order valence-electron chi connectivity index (χ3n) is 13.4. The summed E-state index contributed by atoms with van der Waals surface area (Å²) in [7, 11) is 0. The van der Waals surface area contributed by atoms with Gasteiger partial charge in [0.15, 0.2) is 0 Å². The quantitative estimate of drug-likeness (QED) is 0.110. The molecule has 0 saturated heterocycles. The van der Waals surface area contributed by atoms with Gasteiger partial charge in [0.1, 0.15) is 0 Å². The zero-order valence-corrected chi connectivity index (χ0v) is 39.2. The van der Waals surface area contributed by atoms with Crippen molar-refractivity contribution in [3.8, 4) is 77.9 Å². The van der Waals surface area contributed by atoms with Crippen LogP contribution >= 0.6 is 0 Å². The number of anilines is 2. The highest BCUT2D eigenvalue weighted by molar-refractivity contribution is 6.22. The fraction of sp³-hybridized carbons (Fsp3) is 0.0145. The van der Waals surface area contributed by atoms with Crippen LogP contribution in [0.5, 0.6) is 0 Å². The zero-order chi connectivity index (χ0) is 47.2. The molecule has 0 aliphatic rings. The minimum absolute atomic E-state index is 1.07. The van der Waals surface area contributed by atoms with Crippen molar-refractivity contribution in [1.82, 2.24) is 0 Å². The Bertz CT molecular complexity index is 3660. The van der Waals surface area contributed by atoms with Gasteiger partial charge in [-0.2, -0.15) is 0 Å². The van der Waals surface area contributed by atoms with Gasteiger partial charge in [0.2, 0.25) is 0 Å². The Morgan fingerprint density at radius 2 is 0.700 bits per heavy atom. The maximum Gasteiger partial charge on any atom is 0.0458 e. The molecule has 70 heavy (non-hydrogen) atoms. The Hall–Kier alpha value is -9.04. The van der Waals surface area contributed by atoms with Gasteiger partial charge in [0.05, 0.1) is 0 Å². The van der Waals surface area contributed by atoms with E-state index in [9.17, 15) is 0 Å². The van der Waals surface area contributed by atoms with Crippen LogP contribution in [-0.4, -0.2) is 0 Å². The van der Waals surface area contributed by atoms with Crippen LogP contribution in [0.4, 0.5) is 11.4 Å². The molecule has 1 nitrogen and oxygen atoms in total. The lowest BCUT2D eigenvalue weighted by Gasteiger charge is -2.27. The SMILES string of the molecule is C=C/C=C\C=C(/C)N(c1ccc(-c2cccc3cccc(-c4ccccc4)c23)cc1)c1ccc(-c2cccc3c(-c4ccccc4)c(-c4ccccc4)c(-c4ccccc4)c(-c4ccccc4)c23)cc1. The monoisotopic (exact) mass is 893 g/mol. The molecular weight excluding hydrogens is 843 g/mol. The highest BCUT2D eigenvalue weighted by Crippen LogP contribution is 2.53. The van der Waals surface area contributed by atoms with E-state index in [-0.39, 0.29) is 0 Å². The molecular formula is C69H51N. The van der Waals surface area contributed by atoms with Crippen molar-refractivity contribution in [3.63, 3.8) is 0 Å². The molecule has 11 aromatic rings. The normalized spacial score (nSPS) is 11.6. The number of nitrogens with zero attached hydrogens (tertiary/aromatic N) is 1. The van der Waals surface area contributed by atoms with Gasteiger partial charge in [0.25, 0.3) is 0 Å². The van der Waals surface area contributed by atoms with Gasteiger partial charge in [-0.25, -0.2) is 0 Å². The molecule has 0 N–H and O–H groups in total. The first-order valence-electron chi connectivity index (χ1n) is 24.0. The van der Waals surface area contributed by atoms with E-state index in [0.29, 0.717) is 0 Å². The summed E-state index contributed by atoms with van der Waals surface area (Å²) in [4.78, 5) is 2.34. The van der Waals surface area contributed by atoms with Crippen molar-refractivity contribution in [2.24, 2.45) is 0 Å². The summed E-state index contributed by atoms with van der Waals surface area (Å²) in [6.07, 6.45) is 7.99. The van der Waals surface area contributed by atoms with Crippen molar-refractivity contribution < 1.29 is 0 Å². The Kier molecular flexibility index (Phi) is 12.2. The van der Waals surface area contributed by atoms with Gasteiger partial charge in [-0.1, -0.05) is 255 Å². The average Bonchev–Trinajstić information content (AvgIpc) is 3.43. The van der Waals surface area contributed by atoms with Crippen LogP contribution in [-0.2, 0) is 0 Å². The van der Waals surface area contributed by atoms with Crippen molar-refractivity contribution in [2.45, 2.75) is 6.92 Å². The predicted molar refractivity (Wildman–Crippen MR) is 301 cm³/mol. The Labute approximate surface area is 411 Å². The molecule has 332 valence electrons. The Morgan fingerprint density at radius 1 is 0.329 bits per heavy atom. The van der Waals surface area contributed by atoms with Gasteiger partial charge >= 0.3 is 0 Å². The first-order chi connectivity index (χ1) is 34.7. The van der Waals surface area contributed by atoms with Crippen LogP contribution in [0.15, 0.2) is 291 Å². The van der Waals surface area contributed by atoms with Crippen LogP contribution in [0.2, 0.25) is 0 Å². The summed E-state index contributed by atoms with van der Waals surface area (Å²) < 4.78 is 0. The van der Waals surface area contributed by atoms with Crippen LogP contribution in [0.1, 0.15) is 6.92 Å². The highest BCUT2D eigenvalue weighted by Gasteiger charge is 2.26. The summed E-state index contributed by atoms with van der Waals surface area (Å²) in [5.74, 6) is 0. The number of hydrogen-bond donors (Lipinski definition) is 0. The van der Waals surface area contributed by atoms with Gasteiger partial charge < -0.3 is 4.90 Å². The summed E-state index contributed by atoms with van der Waals surface area (Å²) in [5.41, 5.74) is 20.0. The second-order valence-corrected chi connectivity index (χ2v) is 17.6. The van der Waals surface area contributed by atoms with E-state index in [1.54, 1.807) is 0 Å². The van der Waals surface area contributed by atoms with E-state index in [1.807, 2.05) is 12.2 Å². The van der Waals surface area contributed by atoms with Crippen LogP contribution in [0.3, 0.4) is 0 Å². The summed E-state index contributed by atoms with van der Waals surface area (Å²) in [5, 5.41) is 4.92. The summed E-state index contributed by atoms with van der Waals surface area (Å²) in [6, 6.07) is 92.7. The fourth-order valence-corrected chi connectivity index (χ4v) is 10.3. The second kappa shape index (κ2) is 19.7. The molecule has 0 saturated carbocycles. The predicted octanol–water partition coefficient (Wildman–Crippen LogP) is 19.4. The number of benzene rings is 11. The first-order valence-corrected chi connectivity index (χ1v) is 24.0. The van der Waals surface area contributed by atoms with Crippen molar-refractivity contribution >= 4 is 32.9 Å². The molecule has 0 heterocycles. The fourth-order valence-electron chi connectivity index (χ4n) is 10.3. The Balaban J connectivity index is 1.09. The topological polar surface area (TPSA) is 3.24 Å². The van der Waals surface area contributed by atoms with E-state index >= 15 is 0 Å². The molecule has 1 heteroatoms. The Morgan fingerprint density at radius 3 is 1.16 bits per heavy atom. The molecule has 11 aromatic carbocycles. The molecule has 0 unspecified atom stereocenters.